The summed E-state index contributed by atoms with van der Waals surface area (Å²) < 4.78 is 4.41. The van der Waals surface area contributed by atoms with Crippen molar-refractivity contribution in [2.45, 2.75) is 17.4 Å². The van der Waals surface area contributed by atoms with Gasteiger partial charge in [0, 0.05) is 15.7 Å². The predicted octanol–water partition coefficient (Wildman–Crippen LogP) is 2.35. The number of nitrogens with one attached hydrogen (secondary N) is 2. The lowest BCUT2D eigenvalue weighted by Crippen LogP contribution is -2.39. The second kappa shape index (κ2) is 6.85. The Hall–Kier alpha value is -1.40. The fourth-order valence-electron chi connectivity index (χ4n) is 1.99. The molecule has 20 heavy (non-hydrogen) atoms. The first-order chi connectivity index (χ1) is 9.60. The number of rotatable bonds is 3. The summed E-state index contributed by atoms with van der Waals surface area (Å²) in [5, 5.41) is 5.90. The summed E-state index contributed by atoms with van der Waals surface area (Å²) in [5.41, 5.74) is 1.03. The maximum atomic E-state index is 11.8. The van der Waals surface area contributed by atoms with Gasteiger partial charge in [-0.25, -0.2) is 4.79 Å². The van der Waals surface area contributed by atoms with Gasteiger partial charge in [-0.1, -0.05) is 11.6 Å². The van der Waals surface area contributed by atoms with E-state index >= 15 is 0 Å². The SMILES string of the molecule is COC(=O)NCC(=O)NC1CCSc2ccc(Cl)cc21. The van der Waals surface area contributed by atoms with Gasteiger partial charge < -0.3 is 15.4 Å². The van der Waals surface area contributed by atoms with E-state index in [9.17, 15) is 9.59 Å². The van der Waals surface area contributed by atoms with Crippen molar-refractivity contribution in [2.75, 3.05) is 19.4 Å². The third-order valence-electron chi connectivity index (χ3n) is 2.93. The average molecular weight is 315 g/mol. The number of alkyl carbamates (subject to hydrolysis) is 1. The number of fused-ring (bicyclic) bond motifs is 1. The Labute approximate surface area is 126 Å². The summed E-state index contributed by atoms with van der Waals surface area (Å²) in [6.07, 6.45) is 0.213. The zero-order chi connectivity index (χ0) is 14.5. The second-order valence-corrected chi connectivity index (χ2v) is 5.86. The molecule has 0 saturated heterocycles. The fourth-order valence-corrected chi connectivity index (χ4v) is 3.27. The molecule has 1 aliphatic heterocycles. The van der Waals surface area contributed by atoms with Crippen molar-refractivity contribution >= 4 is 35.4 Å². The molecule has 1 aliphatic rings. The van der Waals surface area contributed by atoms with Crippen LogP contribution in [0.5, 0.6) is 0 Å². The standard InChI is InChI=1S/C13H15ClN2O3S/c1-19-13(18)15-7-12(17)16-10-4-5-20-11-3-2-8(14)6-9(10)11/h2-3,6,10H,4-5,7H2,1H3,(H,15,18)(H,16,17). The molecule has 1 aromatic rings. The molecule has 0 bridgehead atoms. The van der Waals surface area contributed by atoms with Crippen LogP contribution in [0.4, 0.5) is 4.79 Å². The van der Waals surface area contributed by atoms with E-state index < -0.39 is 6.09 Å². The lowest BCUT2D eigenvalue weighted by atomic mass is 10.0. The topological polar surface area (TPSA) is 67.4 Å². The molecule has 1 heterocycles. The number of methoxy groups -OCH3 is 1. The van der Waals surface area contributed by atoms with Crippen LogP contribution in [0.1, 0.15) is 18.0 Å². The first-order valence-electron chi connectivity index (χ1n) is 6.13. The van der Waals surface area contributed by atoms with Crippen molar-refractivity contribution in [1.29, 1.82) is 0 Å². The van der Waals surface area contributed by atoms with Crippen molar-refractivity contribution in [3.8, 4) is 0 Å². The molecule has 1 atom stereocenters. The van der Waals surface area contributed by atoms with Crippen LogP contribution >= 0.6 is 23.4 Å². The Balaban J connectivity index is 1.99. The van der Waals surface area contributed by atoms with E-state index in [-0.39, 0.29) is 18.5 Å². The van der Waals surface area contributed by atoms with Crippen LogP contribution in [0.2, 0.25) is 5.02 Å². The number of benzene rings is 1. The molecule has 0 fully saturated rings. The molecular weight excluding hydrogens is 300 g/mol. The minimum Gasteiger partial charge on any atom is -0.453 e. The zero-order valence-electron chi connectivity index (χ0n) is 10.9. The van der Waals surface area contributed by atoms with Gasteiger partial charge in [-0.15, -0.1) is 11.8 Å². The van der Waals surface area contributed by atoms with E-state index in [0.717, 1.165) is 22.6 Å². The van der Waals surface area contributed by atoms with E-state index in [1.165, 1.54) is 7.11 Å². The van der Waals surface area contributed by atoms with Crippen molar-refractivity contribution < 1.29 is 14.3 Å². The predicted molar refractivity (Wildman–Crippen MR) is 78.1 cm³/mol. The molecule has 5 nitrogen and oxygen atoms in total. The van der Waals surface area contributed by atoms with E-state index in [4.69, 9.17) is 11.6 Å². The van der Waals surface area contributed by atoms with E-state index in [1.54, 1.807) is 11.8 Å². The molecule has 2 rings (SSSR count). The van der Waals surface area contributed by atoms with Crippen LogP contribution in [0.15, 0.2) is 23.1 Å². The molecule has 0 spiro atoms. The summed E-state index contributed by atoms with van der Waals surface area (Å²) in [5.74, 6) is 0.683. The minimum atomic E-state index is -0.622. The van der Waals surface area contributed by atoms with Gasteiger partial charge in [0.1, 0.15) is 6.54 Å². The van der Waals surface area contributed by atoms with Gasteiger partial charge >= 0.3 is 6.09 Å². The average Bonchev–Trinajstić information content (AvgIpc) is 2.45. The molecular formula is C13H15ClN2O3S. The number of hydrogen-bond acceptors (Lipinski definition) is 4. The highest BCUT2D eigenvalue weighted by Crippen LogP contribution is 2.37. The fraction of sp³-hybridized carbons (Fsp3) is 0.385. The van der Waals surface area contributed by atoms with Crippen LogP contribution in [0, 0.1) is 0 Å². The van der Waals surface area contributed by atoms with Crippen molar-refractivity contribution in [2.24, 2.45) is 0 Å². The van der Waals surface area contributed by atoms with E-state index in [0.29, 0.717) is 5.02 Å². The van der Waals surface area contributed by atoms with Crippen molar-refractivity contribution in [3.05, 3.63) is 28.8 Å². The molecule has 1 aromatic carbocycles. The molecule has 108 valence electrons. The van der Waals surface area contributed by atoms with Gasteiger partial charge in [0.15, 0.2) is 0 Å². The molecule has 1 unspecified atom stereocenters. The summed E-state index contributed by atoms with van der Waals surface area (Å²) >= 11 is 7.75. The number of amides is 2. The summed E-state index contributed by atoms with van der Waals surface area (Å²) in [6.45, 7) is -0.105. The summed E-state index contributed by atoms with van der Waals surface area (Å²) in [4.78, 5) is 23.9. The Morgan fingerprint density at radius 2 is 2.30 bits per heavy atom. The first kappa shape index (κ1) is 15.0. The highest BCUT2D eigenvalue weighted by Gasteiger charge is 2.22. The van der Waals surface area contributed by atoms with Crippen LogP contribution < -0.4 is 10.6 Å². The summed E-state index contributed by atoms with van der Waals surface area (Å²) in [7, 11) is 1.25. The van der Waals surface area contributed by atoms with Crippen LogP contribution in [-0.4, -0.2) is 31.4 Å². The van der Waals surface area contributed by atoms with Gasteiger partial charge in [-0.05, 0) is 30.2 Å². The zero-order valence-corrected chi connectivity index (χ0v) is 12.5. The quantitative estimate of drug-likeness (QED) is 0.898. The van der Waals surface area contributed by atoms with E-state index in [1.807, 2.05) is 18.2 Å². The van der Waals surface area contributed by atoms with Crippen LogP contribution in [0.25, 0.3) is 0 Å². The number of halogens is 1. The highest BCUT2D eigenvalue weighted by molar-refractivity contribution is 7.99. The molecule has 0 aromatic heterocycles. The smallest absolute Gasteiger partial charge is 0.407 e. The third kappa shape index (κ3) is 3.80. The molecule has 0 radical (unpaired) electrons. The Morgan fingerprint density at radius 1 is 1.50 bits per heavy atom. The lowest BCUT2D eigenvalue weighted by molar-refractivity contribution is -0.121. The minimum absolute atomic E-state index is 0.0723. The molecule has 2 N–H and O–H groups in total. The molecule has 0 aliphatic carbocycles. The number of hydrogen-bond donors (Lipinski definition) is 2. The third-order valence-corrected chi connectivity index (χ3v) is 4.28. The normalized spacial score (nSPS) is 17.0. The maximum absolute atomic E-state index is 11.8. The number of thioether (sulfide) groups is 1. The van der Waals surface area contributed by atoms with Crippen LogP contribution in [-0.2, 0) is 9.53 Å². The van der Waals surface area contributed by atoms with E-state index in [2.05, 4.69) is 15.4 Å². The van der Waals surface area contributed by atoms with Crippen molar-refractivity contribution in [3.63, 3.8) is 0 Å². The second-order valence-electron chi connectivity index (χ2n) is 4.28. The first-order valence-corrected chi connectivity index (χ1v) is 7.50. The highest BCUT2D eigenvalue weighted by atomic mass is 35.5. The Bertz CT molecular complexity index is 524. The van der Waals surface area contributed by atoms with Gasteiger partial charge in [0.05, 0.1) is 13.2 Å². The lowest BCUT2D eigenvalue weighted by Gasteiger charge is -2.26. The van der Waals surface area contributed by atoms with Gasteiger partial charge in [0.2, 0.25) is 5.91 Å². The van der Waals surface area contributed by atoms with Gasteiger partial charge in [0.25, 0.3) is 0 Å². The maximum Gasteiger partial charge on any atom is 0.407 e. The molecule has 2 amide bonds. The monoisotopic (exact) mass is 314 g/mol. The van der Waals surface area contributed by atoms with Gasteiger partial charge in [-0.3, -0.25) is 4.79 Å². The Morgan fingerprint density at radius 3 is 3.05 bits per heavy atom. The number of carbonyl (C=O) groups is 2. The van der Waals surface area contributed by atoms with Gasteiger partial charge in [-0.2, -0.15) is 0 Å². The summed E-state index contributed by atoms with van der Waals surface area (Å²) in [6, 6.07) is 5.61. The van der Waals surface area contributed by atoms with Crippen LogP contribution in [0.3, 0.4) is 0 Å². The number of carbonyl (C=O) groups excluding carboxylic acids is 2. The largest absolute Gasteiger partial charge is 0.453 e. The van der Waals surface area contributed by atoms with Crippen molar-refractivity contribution in [1.82, 2.24) is 10.6 Å². The molecule has 7 heteroatoms. The molecule has 0 saturated carbocycles. The Kier molecular flexibility index (Phi) is 5.14. The number of ether oxygens (including phenoxy) is 1.